The fourth-order valence-corrected chi connectivity index (χ4v) is 1.46. The average molecular weight is 216 g/mol. The van der Waals surface area contributed by atoms with Gasteiger partial charge in [-0.1, -0.05) is 6.92 Å². The molecular formula is C9H16N2O4. The molecule has 1 saturated heterocycles. The van der Waals surface area contributed by atoms with E-state index < -0.39 is 17.9 Å². The summed E-state index contributed by atoms with van der Waals surface area (Å²) in [5, 5.41) is 11.2. The highest BCUT2D eigenvalue weighted by Crippen LogP contribution is 2.12. The summed E-state index contributed by atoms with van der Waals surface area (Å²) in [6.07, 6.45) is 0.351. The predicted octanol–water partition coefficient (Wildman–Crippen LogP) is -1.06. The molecule has 3 atom stereocenters. The molecule has 0 aliphatic carbocycles. The molecule has 6 nitrogen and oxygen atoms in total. The minimum Gasteiger partial charge on any atom is -0.480 e. The number of hydrogen-bond acceptors (Lipinski definition) is 4. The zero-order valence-corrected chi connectivity index (χ0v) is 8.60. The van der Waals surface area contributed by atoms with Gasteiger partial charge in [0.1, 0.15) is 6.04 Å². The van der Waals surface area contributed by atoms with Crippen LogP contribution >= 0.6 is 0 Å². The first-order valence-electron chi connectivity index (χ1n) is 4.92. The van der Waals surface area contributed by atoms with Crippen molar-refractivity contribution in [2.45, 2.75) is 25.4 Å². The summed E-state index contributed by atoms with van der Waals surface area (Å²) in [7, 11) is 0. The third kappa shape index (κ3) is 2.90. The van der Waals surface area contributed by atoms with Crippen LogP contribution in [-0.2, 0) is 14.3 Å². The van der Waals surface area contributed by atoms with Crippen molar-refractivity contribution in [3.63, 3.8) is 0 Å². The molecule has 2 unspecified atom stereocenters. The van der Waals surface area contributed by atoms with E-state index >= 15 is 0 Å². The Morgan fingerprint density at radius 2 is 2.27 bits per heavy atom. The van der Waals surface area contributed by atoms with Crippen LogP contribution in [0.2, 0.25) is 0 Å². The van der Waals surface area contributed by atoms with Crippen LogP contribution in [0, 0.1) is 5.92 Å². The predicted molar refractivity (Wildman–Crippen MR) is 52.1 cm³/mol. The normalized spacial score (nSPS) is 27.3. The van der Waals surface area contributed by atoms with Crippen molar-refractivity contribution >= 4 is 11.9 Å². The molecular weight excluding hydrogens is 200 g/mol. The smallest absolute Gasteiger partial charge is 0.326 e. The first-order chi connectivity index (χ1) is 7.06. The molecule has 1 fully saturated rings. The van der Waals surface area contributed by atoms with E-state index in [4.69, 9.17) is 15.6 Å². The van der Waals surface area contributed by atoms with Crippen LogP contribution in [0.1, 0.15) is 13.3 Å². The van der Waals surface area contributed by atoms with Crippen molar-refractivity contribution in [2.75, 3.05) is 13.2 Å². The number of nitrogens with two attached hydrogens (primary N) is 1. The fourth-order valence-electron chi connectivity index (χ4n) is 1.46. The Balaban J connectivity index is 2.50. The van der Waals surface area contributed by atoms with Gasteiger partial charge in [-0.05, 0) is 6.42 Å². The second-order valence-electron chi connectivity index (χ2n) is 3.62. The Morgan fingerprint density at radius 1 is 1.60 bits per heavy atom. The lowest BCUT2D eigenvalue weighted by molar-refractivity contribution is -0.142. The largest absolute Gasteiger partial charge is 0.480 e. The molecule has 1 rings (SSSR count). The van der Waals surface area contributed by atoms with Gasteiger partial charge in [0.05, 0.1) is 19.1 Å². The van der Waals surface area contributed by atoms with Crippen LogP contribution in [0.4, 0.5) is 0 Å². The zero-order valence-electron chi connectivity index (χ0n) is 8.60. The highest BCUT2D eigenvalue weighted by Gasteiger charge is 2.33. The minimum atomic E-state index is -1.03. The Kier molecular flexibility index (Phi) is 4.05. The number of hydrogen-bond donors (Lipinski definition) is 3. The first kappa shape index (κ1) is 11.9. The molecule has 15 heavy (non-hydrogen) atoms. The van der Waals surface area contributed by atoms with Crippen molar-refractivity contribution in [3.05, 3.63) is 0 Å². The molecule has 0 aromatic carbocycles. The van der Waals surface area contributed by atoms with E-state index in [9.17, 15) is 9.59 Å². The molecule has 0 saturated carbocycles. The molecule has 86 valence electrons. The standard InChI is InChI=1S/C9H16N2O4/c1-2-7(9(13)14)11-8(12)5-3-15-4-6(5)10/h5-7H,2-4,10H2,1H3,(H,11,12)(H,13,14)/t5?,6?,7-/m0/s1. The van der Waals surface area contributed by atoms with Crippen LogP contribution < -0.4 is 11.1 Å². The van der Waals surface area contributed by atoms with E-state index in [0.717, 1.165) is 0 Å². The molecule has 0 aromatic rings. The molecule has 1 amide bonds. The van der Waals surface area contributed by atoms with Gasteiger partial charge >= 0.3 is 5.97 Å². The minimum absolute atomic E-state index is 0.267. The number of nitrogens with one attached hydrogen (secondary N) is 1. The van der Waals surface area contributed by atoms with Gasteiger partial charge in [0.25, 0.3) is 0 Å². The van der Waals surface area contributed by atoms with E-state index in [0.29, 0.717) is 13.0 Å². The third-order valence-corrected chi connectivity index (χ3v) is 2.48. The molecule has 0 spiro atoms. The van der Waals surface area contributed by atoms with Crippen molar-refractivity contribution in [2.24, 2.45) is 11.7 Å². The van der Waals surface area contributed by atoms with E-state index in [1.807, 2.05) is 0 Å². The molecule has 0 aromatic heterocycles. The lowest BCUT2D eigenvalue weighted by Crippen LogP contribution is -2.47. The number of carboxylic acids is 1. The summed E-state index contributed by atoms with van der Waals surface area (Å²) in [6, 6.07) is -1.18. The zero-order chi connectivity index (χ0) is 11.4. The maximum absolute atomic E-state index is 11.6. The van der Waals surface area contributed by atoms with Crippen LogP contribution in [0.25, 0.3) is 0 Å². The molecule has 1 heterocycles. The Morgan fingerprint density at radius 3 is 2.67 bits per heavy atom. The second kappa shape index (κ2) is 5.09. The Bertz CT molecular complexity index is 256. The number of aliphatic carboxylic acids is 1. The lowest BCUT2D eigenvalue weighted by atomic mass is 10.0. The SMILES string of the molecule is CC[C@H](NC(=O)C1COCC1N)C(=O)O. The quantitative estimate of drug-likeness (QED) is 0.556. The van der Waals surface area contributed by atoms with Gasteiger partial charge in [0, 0.05) is 6.04 Å². The number of amides is 1. The van der Waals surface area contributed by atoms with Crippen LogP contribution in [0.3, 0.4) is 0 Å². The number of carbonyl (C=O) groups is 2. The van der Waals surface area contributed by atoms with Gasteiger partial charge in [-0.3, -0.25) is 4.79 Å². The van der Waals surface area contributed by atoms with Crippen molar-refractivity contribution in [1.29, 1.82) is 0 Å². The highest BCUT2D eigenvalue weighted by atomic mass is 16.5. The summed E-state index contributed by atoms with van der Waals surface area (Å²) in [5.41, 5.74) is 5.64. The summed E-state index contributed by atoms with van der Waals surface area (Å²) >= 11 is 0. The van der Waals surface area contributed by atoms with Gasteiger partial charge in [-0.15, -0.1) is 0 Å². The molecule has 1 aliphatic rings. The van der Waals surface area contributed by atoms with Gasteiger partial charge in [-0.2, -0.15) is 0 Å². The lowest BCUT2D eigenvalue weighted by Gasteiger charge is -2.17. The van der Waals surface area contributed by atoms with Crippen LogP contribution in [0.5, 0.6) is 0 Å². The second-order valence-corrected chi connectivity index (χ2v) is 3.62. The molecule has 1 aliphatic heterocycles. The summed E-state index contributed by atoms with van der Waals surface area (Å²) in [4.78, 5) is 22.3. The fraction of sp³-hybridized carbons (Fsp3) is 0.778. The summed E-state index contributed by atoms with van der Waals surface area (Å²) < 4.78 is 5.03. The van der Waals surface area contributed by atoms with Crippen LogP contribution in [-0.4, -0.2) is 42.3 Å². The van der Waals surface area contributed by atoms with Gasteiger partial charge in [0.2, 0.25) is 5.91 Å². The number of carbonyl (C=O) groups excluding carboxylic acids is 1. The van der Waals surface area contributed by atoms with Crippen molar-refractivity contribution < 1.29 is 19.4 Å². The molecule has 6 heteroatoms. The van der Waals surface area contributed by atoms with Gasteiger partial charge in [0.15, 0.2) is 0 Å². The molecule has 0 radical (unpaired) electrons. The average Bonchev–Trinajstić information content (AvgIpc) is 2.60. The Hall–Kier alpha value is -1.14. The van der Waals surface area contributed by atoms with Gasteiger partial charge in [-0.25, -0.2) is 4.79 Å². The van der Waals surface area contributed by atoms with Crippen molar-refractivity contribution in [1.82, 2.24) is 5.32 Å². The maximum Gasteiger partial charge on any atom is 0.326 e. The summed E-state index contributed by atoms with van der Waals surface area (Å²) in [5.74, 6) is -1.80. The van der Waals surface area contributed by atoms with Crippen molar-refractivity contribution in [3.8, 4) is 0 Å². The van der Waals surface area contributed by atoms with Gasteiger partial charge < -0.3 is 20.9 Å². The van der Waals surface area contributed by atoms with E-state index in [-0.39, 0.29) is 18.6 Å². The van der Waals surface area contributed by atoms with E-state index in [2.05, 4.69) is 5.32 Å². The van der Waals surface area contributed by atoms with Crippen LogP contribution in [0.15, 0.2) is 0 Å². The maximum atomic E-state index is 11.6. The highest BCUT2D eigenvalue weighted by molar-refractivity contribution is 5.85. The first-order valence-corrected chi connectivity index (χ1v) is 4.92. The van der Waals surface area contributed by atoms with E-state index in [1.165, 1.54) is 0 Å². The topological polar surface area (TPSA) is 102 Å². The molecule has 0 bridgehead atoms. The summed E-state index contributed by atoms with van der Waals surface area (Å²) in [6.45, 7) is 2.31. The van der Waals surface area contributed by atoms with E-state index in [1.54, 1.807) is 6.92 Å². The monoisotopic (exact) mass is 216 g/mol. The number of ether oxygens (including phenoxy) is 1. The number of carboxylic acid groups (broad SMARTS) is 1. The molecule has 4 N–H and O–H groups in total. The Labute approximate surface area is 87.8 Å². The third-order valence-electron chi connectivity index (χ3n) is 2.48. The number of rotatable bonds is 4.